The zero-order valence-electron chi connectivity index (χ0n) is 12.5. The van der Waals surface area contributed by atoms with Crippen molar-refractivity contribution in [2.75, 3.05) is 19.7 Å². The van der Waals surface area contributed by atoms with Crippen molar-refractivity contribution in [1.82, 2.24) is 24.5 Å². The van der Waals surface area contributed by atoms with Crippen molar-refractivity contribution in [1.29, 1.82) is 0 Å². The Bertz CT molecular complexity index is 777. The standard InChI is InChI=1S/C13H16FN5O3S/c1-18-16-13(15-17-18)12-8-19(6-7-22-12)23(20,21)9-10-2-4-11(14)5-3-10/h2-5,12H,6-9H2,1H3. The maximum atomic E-state index is 12.9. The number of rotatable bonds is 4. The normalized spacial score (nSPS) is 19.8. The van der Waals surface area contributed by atoms with E-state index in [1.165, 1.54) is 33.4 Å². The summed E-state index contributed by atoms with van der Waals surface area (Å²) in [7, 11) is -1.91. The van der Waals surface area contributed by atoms with E-state index >= 15 is 0 Å². The van der Waals surface area contributed by atoms with Crippen LogP contribution in [0.25, 0.3) is 0 Å². The van der Waals surface area contributed by atoms with E-state index in [-0.39, 0.29) is 25.4 Å². The van der Waals surface area contributed by atoms with Crippen LogP contribution in [-0.2, 0) is 27.6 Å². The van der Waals surface area contributed by atoms with Crippen LogP contribution in [0, 0.1) is 5.82 Å². The van der Waals surface area contributed by atoms with Crippen LogP contribution in [0.2, 0.25) is 0 Å². The molecule has 1 saturated heterocycles. The Hall–Kier alpha value is -1.91. The summed E-state index contributed by atoms with van der Waals surface area (Å²) < 4.78 is 44.9. The number of hydrogen-bond donors (Lipinski definition) is 0. The van der Waals surface area contributed by atoms with Gasteiger partial charge in [0.05, 0.1) is 19.4 Å². The lowest BCUT2D eigenvalue weighted by Crippen LogP contribution is -2.43. The van der Waals surface area contributed by atoms with Crippen LogP contribution in [0.5, 0.6) is 0 Å². The monoisotopic (exact) mass is 341 g/mol. The molecule has 1 aliphatic heterocycles. The molecule has 0 spiro atoms. The lowest BCUT2D eigenvalue weighted by atomic mass is 10.2. The number of aryl methyl sites for hydroxylation is 1. The average Bonchev–Trinajstić information content (AvgIpc) is 2.96. The first-order valence-corrected chi connectivity index (χ1v) is 8.63. The maximum Gasteiger partial charge on any atom is 0.218 e. The van der Waals surface area contributed by atoms with E-state index in [1.54, 1.807) is 7.05 Å². The van der Waals surface area contributed by atoms with Gasteiger partial charge in [-0.05, 0) is 22.9 Å². The number of ether oxygens (including phenoxy) is 1. The molecule has 23 heavy (non-hydrogen) atoms. The molecule has 1 atom stereocenters. The van der Waals surface area contributed by atoms with E-state index in [0.29, 0.717) is 11.4 Å². The Kier molecular flexibility index (Phi) is 4.37. The molecule has 3 rings (SSSR count). The number of hydrogen-bond acceptors (Lipinski definition) is 6. The second-order valence-electron chi connectivity index (χ2n) is 5.24. The molecule has 124 valence electrons. The highest BCUT2D eigenvalue weighted by Crippen LogP contribution is 2.22. The molecule has 0 bridgehead atoms. The van der Waals surface area contributed by atoms with Crippen molar-refractivity contribution < 1.29 is 17.5 Å². The minimum absolute atomic E-state index is 0.134. The molecule has 0 saturated carbocycles. The molecule has 1 fully saturated rings. The number of tetrazole rings is 1. The third kappa shape index (κ3) is 3.71. The van der Waals surface area contributed by atoms with Gasteiger partial charge in [0.1, 0.15) is 11.9 Å². The van der Waals surface area contributed by atoms with E-state index < -0.39 is 21.9 Å². The Labute approximate surface area is 132 Å². The topological polar surface area (TPSA) is 90.2 Å². The van der Waals surface area contributed by atoms with Crippen molar-refractivity contribution in [3.05, 3.63) is 41.5 Å². The lowest BCUT2D eigenvalue weighted by Gasteiger charge is -2.30. The largest absolute Gasteiger partial charge is 0.367 e. The molecule has 0 N–H and O–H groups in total. The fraction of sp³-hybridized carbons (Fsp3) is 0.462. The number of sulfonamides is 1. The zero-order chi connectivity index (χ0) is 16.4. The zero-order valence-corrected chi connectivity index (χ0v) is 13.3. The molecule has 1 aromatic heterocycles. The summed E-state index contributed by atoms with van der Waals surface area (Å²) in [5, 5.41) is 11.6. The van der Waals surface area contributed by atoms with Crippen molar-refractivity contribution in [3.8, 4) is 0 Å². The molecule has 0 amide bonds. The molecule has 0 radical (unpaired) electrons. The lowest BCUT2D eigenvalue weighted by molar-refractivity contribution is -0.00770. The number of benzene rings is 1. The van der Waals surface area contributed by atoms with Gasteiger partial charge in [-0.1, -0.05) is 12.1 Å². The number of aromatic nitrogens is 4. The van der Waals surface area contributed by atoms with E-state index in [4.69, 9.17) is 4.74 Å². The highest BCUT2D eigenvalue weighted by molar-refractivity contribution is 7.88. The van der Waals surface area contributed by atoms with Crippen LogP contribution in [0.3, 0.4) is 0 Å². The van der Waals surface area contributed by atoms with E-state index in [9.17, 15) is 12.8 Å². The van der Waals surface area contributed by atoms with Crippen LogP contribution in [0.15, 0.2) is 24.3 Å². The first kappa shape index (κ1) is 16.0. The third-order valence-corrected chi connectivity index (χ3v) is 5.31. The van der Waals surface area contributed by atoms with Gasteiger partial charge in [-0.3, -0.25) is 0 Å². The maximum absolute atomic E-state index is 12.9. The van der Waals surface area contributed by atoms with Crippen LogP contribution in [-0.4, -0.2) is 52.6 Å². The summed E-state index contributed by atoms with van der Waals surface area (Å²) in [5.41, 5.74) is 0.534. The summed E-state index contributed by atoms with van der Waals surface area (Å²) in [6, 6.07) is 5.43. The molecule has 2 aromatic rings. The average molecular weight is 341 g/mol. The van der Waals surface area contributed by atoms with Gasteiger partial charge in [0.15, 0.2) is 0 Å². The van der Waals surface area contributed by atoms with Gasteiger partial charge in [0.2, 0.25) is 15.8 Å². The highest BCUT2D eigenvalue weighted by Gasteiger charge is 2.32. The van der Waals surface area contributed by atoms with Crippen LogP contribution >= 0.6 is 0 Å². The van der Waals surface area contributed by atoms with Gasteiger partial charge in [-0.15, -0.1) is 10.2 Å². The van der Waals surface area contributed by atoms with E-state index in [0.717, 1.165) is 0 Å². The SMILES string of the molecule is Cn1nnc(C2CN(S(=O)(=O)Cc3ccc(F)cc3)CCO2)n1. The quantitative estimate of drug-likeness (QED) is 0.792. The van der Waals surface area contributed by atoms with Crippen LogP contribution in [0.4, 0.5) is 4.39 Å². The Morgan fingerprint density at radius 3 is 2.74 bits per heavy atom. The molecular formula is C13H16FN5O3S. The first-order valence-electron chi connectivity index (χ1n) is 7.02. The Morgan fingerprint density at radius 2 is 2.09 bits per heavy atom. The van der Waals surface area contributed by atoms with Gasteiger partial charge < -0.3 is 4.74 Å². The van der Waals surface area contributed by atoms with Crippen molar-refractivity contribution in [2.45, 2.75) is 11.9 Å². The summed E-state index contributed by atoms with van der Waals surface area (Å²) in [6.45, 7) is 0.654. The smallest absolute Gasteiger partial charge is 0.218 e. The van der Waals surface area contributed by atoms with Crippen LogP contribution < -0.4 is 0 Å². The molecule has 0 aliphatic carbocycles. The molecule has 8 nitrogen and oxygen atoms in total. The number of morpholine rings is 1. The second kappa shape index (κ2) is 6.30. The molecule has 1 aromatic carbocycles. The molecule has 2 heterocycles. The number of nitrogens with zero attached hydrogens (tertiary/aromatic N) is 5. The fourth-order valence-corrected chi connectivity index (χ4v) is 3.86. The van der Waals surface area contributed by atoms with Gasteiger partial charge >= 0.3 is 0 Å². The van der Waals surface area contributed by atoms with Crippen molar-refractivity contribution >= 4 is 10.0 Å². The predicted molar refractivity (Wildman–Crippen MR) is 78.1 cm³/mol. The van der Waals surface area contributed by atoms with Crippen molar-refractivity contribution in [3.63, 3.8) is 0 Å². The minimum Gasteiger partial charge on any atom is -0.367 e. The highest BCUT2D eigenvalue weighted by atomic mass is 32.2. The van der Waals surface area contributed by atoms with Gasteiger partial charge in [-0.25, -0.2) is 12.8 Å². The third-order valence-electron chi connectivity index (χ3n) is 3.50. The molecule has 1 aliphatic rings. The predicted octanol–water partition coefficient (Wildman–Crippen LogP) is 0.252. The summed E-state index contributed by atoms with van der Waals surface area (Å²) in [5.74, 6) is -0.228. The first-order chi connectivity index (χ1) is 10.9. The molecule has 1 unspecified atom stereocenters. The fourth-order valence-electron chi connectivity index (χ4n) is 2.34. The van der Waals surface area contributed by atoms with E-state index in [1.807, 2.05) is 0 Å². The summed E-state index contributed by atoms with van der Waals surface area (Å²) in [4.78, 5) is 1.30. The summed E-state index contributed by atoms with van der Waals surface area (Å²) >= 11 is 0. The van der Waals surface area contributed by atoms with Gasteiger partial charge in [-0.2, -0.15) is 9.10 Å². The minimum atomic E-state index is -3.54. The molecular weight excluding hydrogens is 325 g/mol. The van der Waals surface area contributed by atoms with Crippen LogP contribution in [0.1, 0.15) is 17.5 Å². The number of halogens is 1. The van der Waals surface area contributed by atoms with Gasteiger partial charge in [0.25, 0.3) is 0 Å². The van der Waals surface area contributed by atoms with E-state index in [2.05, 4.69) is 15.4 Å². The molecule has 10 heteroatoms. The summed E-state index contributed by atoms with van der Waals surface area (Å²) in [6.07, 6.45) is -0.541. The van der Waals surface area contributed by atoms with Crippen molar-refractivity contribution in [2.24, 2.45) is 7.05 Å². The van der Waals surface area contributed by atoms with Gasteiger partial charge in [0, 0.05) is 13.1 Å². The second-order valence-corrected chi connectivity index (χ2v) is 7.21. The Morgan fingerprint density at radius 1 is 1.35 bits per heavy atom. The Balaban J connectivity index is 1.73.